The van der Waals surface area contributed by atoms with E-state index in [2.05, 4.69) is 66.7 Å². The van der Waals surface area contributed by atoms with E-state index in [1.165, 1.54) is 0 Å². The highest BCUT2D eigenvalue weighted by Crippen LogP contribution is 2.44. The fraction of sp³-hybridized carbons (Fsp3) is 0.128. The van der Waals surface area contributed by atoms with Crippen LogP contribution in [0.25, 0.3) is 33.4 Å². The Bertz CT molecular complexity index is 2520. The molecule has 0 unspecified atom stereocenters. The van der Waals surface area contributed by atoms with E-state index >= 15 is 0 Å². The first-order valence-electron chi connectivity index (χ1n) is 18.3. The summed E-state index contributed by atoms with van der Waals surface area (Å²) in [6, 6.07) is 53.3. The molecule has 0 amide bonds. The van der Waals surface area contributed by atoms with Crippen molar-refractivity contribution in [2.75, 3.05) is 0 Å². The Balaban J connectivity index is 1.11. The fourth-order valence-electron chi connectivity index (χ4n) is 7.84. The average molecular weight is 704 g/mol. The summed E-state index contributed by atoms with van der Waals surface area (Å²) in [6.45, 7) is 1.98. The van der Waals surface area contributed by atoms with Gasteiger partial charge in [-0.15, -0.1) is 15.0 Å². The van der Waals surface area contributed by atoms with Gasteiger partial charge in [-0.3, -0.25) is 4.98 Å². The van der Waals surface area contributed by atoms with E-state index in [9.17, 15) is 9.90 Å². The number of tetrazole rings is 1. The predicted molar refractivity (Wildman–Crippen MR) is 212 cm³/mol. The molecule has 2 aromatic heterocycles. The molecule has 0 atom stereocenters. The largest absolute Gasteiger partial charge is 0.478 e. The van der Waals surface area contributed by atoms with Crippen LogP contribution >= 0.6 is 0 Å². The molecular weight excluding hydrogens is 667 g/mol. The molecule has 6 aromatic carbocycles. The minimum atomic E-state index is -0.910. The van der Waals surface area contributed by atoms with Gasteiger partial charge in [0, 0.05) is 29.0 Å². The van der Waals surface area contributed by atoms with E-state index in [4.69, 9.17) is 20.4 Å². The number of rotatable bonds is 10. The van der Waals surface area contributed by atoms with Crippen LogP contribution in [0.4, 0.5) is 0 Å². The van der Waals surface area contributed by atoms with Crippen molar-refractivity contribution in [3.63, 3.8) is 0 Å². The van der Waals surface area contributed by atoms with Crippen molar-refractivity contribution in [2.45, 2.75) is 37.6 Å². The number of hydrogen-bond donors (Lipinski definition) is 1. The Labute approximate surface area is 313 Å². The second-order valence-electron chi connectivity index (χ2n) is 14.1. The maximum Gasteiger partial charge on any atom is 0.336 e. The Hall–Kier alpha value is -6.73. The van der Waals surface area contributed by atoms with E-state index in [1.54, 1.807) is 4.80 Å². The highest BCUT2D eigenvalue weighted by molar-refractivity contribution is 6.04. The normalized spacial score (nSPS) is 12.9. The van der Waals surface area contributed by atoms with Crippen molar-refractivity contribution in [2.24, 2.45) is 0 Å². The van der Waals surface area contributed by atoms with Crippen LogP contribution in [0, 0.1) is 6.92 Å². The number of aryl methyl sites for hydroxylation is 1. The van der Waals surface area contributed by atoms with Gasteiger partial charge in [-0.1, -0.05) is 151 Å². The van der Waals surface area contributed by atoms with Crippen molar-refractivity contribution < 1.29 is 9.90 Å². The molecule has 0 radical (unpaired) electrons. The summed E-state index contributed by atoms with van der Waals surface area (Å²) in [5, 5.41) is 25.8. The van der Waals surface area contributed by atoms with Crippen molar-refractivity contribution >= 4 is 16.9 Å². The highest BCUT2D eigenvalue weighted by Gasteiger charge is 2.41. The summed E-state index contributed by atoms with van der Waals surface area (Å²) < 4.78 is 0. The van der Waals surface area contributed by atoms with Crippen LogP contribution in [0.5, 0.6) is 0 Å². The molecule has 0 spiro atoms. The number of carboxylic acids is 1. The minimum Gasteiger partial charge on any atom is -0.478 e. The van der Waals surface area contributed by atoms with Gasteiger partial charge in [-0.2, -0.15) is 0 Å². The van der Waals surface area contributed by atoms with Crippen LogP contribution in [0.2, 0.25) is 0 Å². The Morgan fingerprint density at radius 3 is 1.87 bits per heavy atom. The molecule has 2 heterocycles. The molecule has 262 valence electrons. The van der Waals surface area contributed by atoms with Gasteiger partial charge in [0.05, 0.1) is 11.1 Å². The molecular formula is C47H37N5O2. The fourth-order valence-corrected chi connectivity index (χ4v) is 7.84. The standard InChI is InChI=1S/C47H37N5O2/c1-31-21-28-42-40(29-31)43(46(53)54)41(44(48-42)34-26-27-34)30-32-22-24-33(25-23-32)38-19-11-12-20-39(38)45-49-51-52(50-45)47(35-13-5-2-6-14-35,36-15-7-3-8-16-36)37-17-9-4-10-18-37/h2-25,28-29,34H,26-27,30H2,1H3,(H,53,54). The van der Waals surface area contributed by atoms with Crippen LogP contribution in [0.3, 0.4) is 0 Å². The van der Waals surface area contributed by atoms with Crippen LogP contribution in [0.1, 0.15) is 68.2 Å². The predicted octanol–water partition coefficient (Wildman–Crippen LogP) is 9.87. The zero-order chi connectivity index (χ0) is 36.6. The second kappa shape index (κ2) is 13.7. The van der Waals surface area contributed by atoms with Crippen LogP contribution in [0.15, 0.2) is 158 Å². The smallest absolute Gasteiger partial charge is 0.336 e. The molecule has 8 aromatic rings. The number of carboxylic acid groups (broad SMARTS) is 1. The number of carbonyl (C=O) groups is 1. The van der Waals surface area contributed by atoms with Gasteiger partial charge in [0.2, 0.25) is 5.82 Å². The number of pyridine rings is 1. The summed E-state index contributed by atoms with van der Waals surface area (Å²) in [7, 11) is 0. The summed E-state index contributed by atoms with van der Waals surface area (Å²) in [5.74, 6) is -0.0911. The Kier molecular flexibility index (Phi) is 8.39. The topological polar surface area (TPSA) is 93.8 Å². The van der Waals surface area contributed by atoms with E-state index in [0.717, 1.165) is 74.1 Å². The number of fused-ring (bicyclic) bond motifs is 1. The molecule has 1 aliphatic carbocycles. The van der Waals surface area contributed by atoms with E-state index < -0.39 is 11.5 Å². The number of aromatic carboxylic acids is 1. The number of benzene rings is 6. The van der Waals surface area contributed by atoms with E-state index in [1.807, 2.05) is 97.9 Å². The van der Waals surface area contributed by atoms with Crippen molar-refractivity contribution in [1.29, 1.82) is 0 Å². The third-order valence-electron chi connectivity index (χ3n) is 10.6. The summed E-state index contributed by atoms with van der Waals surface area (Å²) in [5.41, 5.74) is 9.89. The highest BCUT2D eigenvalue weighted by atomic mass is 16.4. The Morgan fingerprint density at radius 2 is 1.30 bits per heavy atom. The molecule has 1 N–H and O–H groups in total. The monoisotopic (exact) mass is 703 g/mol. The molecule has 0 aliphatic heterocycles. The van der Waals surface area contributed by atoms with Crippen LogP contribution in [-0.2, 0) is 12.0 Å². The molecule has 7 nitrogen and oxygen atoms in total. The van der Waals surface area contributed by atoms with Gasteiger partial charge >= 0.3 is 5.97 Å². The zero-order valence-corrected chi connectivity index (χ0v) is 29.8. The lowest BCUT2D eigenvalue weighted by molar-refractivity contribution is 0.0697. The molecule has 0 bridgehead atoms. The van der Waals surface area contributed by atoms with Gasteiger partial charge < -0.3 is 5.11 Å². The Morgan fingerprint density at radius 1 is 0.722 bits per heavy atom. The lowest BCUT2D eigenvalue weighted by Crippen LogP contribution is -2.39. The molecule has 1 fully saturated rings. The number of hydrogen-bond acceptors (Lipinski definition) is 5. The lowest BCUT2D eigenvalue weighted by atomic mass is 9.77. The van der Waals surface area contributed by atoms with Gasteiger partial charge in [0.1, 0.15) is 0 Å². The van der Waals surface area contributed by atoms with Gasteiger partial charge in [0.15, 0.2) is 5.54 Å². The third kappa shape index (κ3) is 5.84. The van der Waals surface area contributed by atoms with Crippen molar-refractivity contribution in [3.05, 3.63) is 202 Å². The second-order valence-corrected chi connectivity index (χ2v) is 14.1. The summed E-state index contributed by atoms with van der Waals surface area (Å²) in [6.07, 6.45) is 2.56. The molecule has 0 saturated heterocycles. The minimum absolute atomic E-state index is 0.306. The van der Waals surface area contributed by atoms with Crippen molar-refractivity contribution in [1.82, 2.24) is 25.2 Å². The summed E-state index contributed by atoms with van der Waals surface area (Å²) >= 11 is 0. The molecule has 1 saturated carbocycles. The van der Waals surface area contributed by atoms with Crippen LogP contribution in [-0.4, -0.2) is 36.3 Å². The van der Waals surface area contributed by atoms with E-state index in [-0.39, 0.29) is 0 Å². The maximum atomic E-state index is 12.8. The first-order valence-corrected chi connectivity index (χ1v) is 18.3. The quantitative estimate of drug-likeness (QED) is 0.143. The number of nitrogens with zero attached hydrogens (tertiary/aromatic N) is 5. The SMILES string of the molecule is Cc1ccc2nc(C3CC3)c(Cc3ccc(-c4ccccc4-c4nnn(C(c5ccccc5)(c5ccccc5)c5ccccc5)n4)cc3)c(C(=O)O)c2c1. The maximum absolute atomic E-state index is 12.8. The number of aromatic nitrogens is 5. The summed E-state index contributed by atoms with van der Waals surface area (Å²) in [4.78, 5) is 19.6. The van der Waals surface area contributed by atoms with Gasteiger partial charge in [-0.25, -0.2) is 4.79 Å². The zero-order valence-electron chi connectivity index (χ0n) is 29.8. The van der Waals surface area contributed by atoms with Gasteiger partial charge in [0.25, 0.3) is 0 Å². The lowest BCUT2D eigenvalue weighted by Gasteiger charge is -2.34. The molecule has 9 rings (SSSR count). The van der Waals surface area contributed by atoms with E-state index in [0.29, 0.717) is 29.1 Å². The third-order valence-corrected chi connectivity index (χ3v) is 10.6. The first-order chi connectivity index (χ1) is 26.5. The van der Waals surface area contributed by atoms with Crippen molar-refractivity contribution in [3.8, 4) is 22.5 Å². The van der Waals surface area contributed by atoms with Gasteiger partial charge in [-0.05, 0) is 76.1 Å². The molecule has 7 heteroatoms. The first kappa shape index (κ1) is 33.1. The molecule has 54 heavy (non-hydrogen) atoms. The van der Waals surface area contributed by atoms with Crippen LogP contribution < -0.4 is 0 Å². The average Bonchev–Trinajstić information content (AvgIpc) is 3.95. The molecule has 1 aliphatic rings.